The highest BCUT2D eigenvalue weighted by Gasteiger charge is 2.35. The molecule has 0 aromatic heterocycles. The van der Waals surface area contributed by atoms with Crippen molar-refractivity contribution < 1.29 is 0 Å². The fourth-order valence-corrected chi connectivity index (χ4v) is 4.89. The molecule has 3 aliphatic rings. The van der Waals surface area contributed by atoms with Crippen LogP contribution in [0.1, 0.15) is 51.9 Å². The Kier molecular flexibility index (Phi) is 5.58. The molecule has 0 radical (unpaired) electrons. The fourth-order valence-electron chi connectivity index (χ4n) is 4.89. The number of nitrogens with zero attached hydrogens (tertiary/aromatic N) is 2. The predicted molar refractivity (Wildman–Crippen MR) is 89.7 cm³/mol. The van der Waals surface area contributed by atoms with Crippen LogP contribution in [0.4, 0.5) is 0 Å². The van der Waals surface area contributed by atoms with Gasteiger partial charge in [0.05, 0.1) is 0 Å². The minimum atomic E-state index is 0.594. The summed E-state index contributed by atoms with van der Waals surface area (Å²) in [5.41, 5.74) is 0.594. The van der Waals surface area contributed by atoms with Crippen molar-refractivity contribution in [3.8, 4) is 0 Å². The largest absolute Gasteiger partial charge is 0.316 e. The molecule has 0 bridgehead atoms. The Balaban J connectivity index is 1.42. The van der Waals surface area contributed by atoms with Crippen molar-refractivity contribution in [1.82, 2.24) is 15.1 Å². The first-order valence-electron chi connectivity index (χ1n) is 9.45. The number of hydrogen-bond donors (Lipinski definition) is 1. The lowest BCUT2D eigenvalue weighted by Gasteiger charge is -2.39. The number of piperidine rings is 1. The maximum atomic E-state index is 3.61. The summed E-state index contributed by atoms with van der Waals surface area (Å²) in [5, 5.41) is 3.61. The van der Waals surface area contributed by atoms with Crippen molar-refractivity contribution in [2.75, 3.05) is 52.4 Å². The van der Waals surface area contributed by atoms with Gasteiger partial charge in [0.1, 0.15) is 0 Å². The molecule has 1 atom stereocenters. The first kappa shape index (κ1) is 15.8. The smallest absolute Gasteiger partial charge is 0.00506 e. The predicted octanol–water partition coefficient (Wildman–Crippen LogP) is 2.57. The van der Waals surface area contributed by atoms with Crippen LogP contribution in [-0.2, 0) is 0 Å². The molecule has 0 aliphatic carbocycles. The van der Waals surface area contributed by atoms with Gasteiger partial charge >= 0.3 is 0 Å². The Hall–Kier alpha value is -0.120. The van der Waals surface area contributed by atoms with Gasteiger partial charge < -0.3 is 15.1 Å². The van der Waals surface area contributed by atoms with E-state index in [4.69, 9.17) is 0 Å². The Labute approximate surface area is 131 Å². The first-order valence-corrected chi connectivity index (χ1v) is 9.45. The van der Waals surface area contributed by atoms with E-state index in [1.807, 2.05) is 0 Å². The minimum Gasteiger partial charge on any atom is -0.316 e. The molecule has 0 aromatic rings. The zero-order chi connectivity index (χ0) is 14.5. The van der Waals surface area contributed by atoms with E-state index >= 15 is 0 Å². The van der Waals surface area contributed by atoms with E-state index < -0.39 is 0 Å². The second-order valence-corrected chi connectivity index (χ2v) is 7.90. The molecule has 0 saturated carbocycles. The van der Waals surface area contributed by atoms with Gasteiger partial charge in [-0.05, 0) is 82.6 Å². The zero-order valence-corrected chi connectivity index (χ0v) is 14.1. The molecule has 21 heavy (non-hydrogen) atoms. The molecule has 3 saturated heterocycles. The fraction of sp³-hybridized carbons (Fsp3) is 1.00. The summed E-state index contributed by atoms with van der Waals surface area (Å²) in [6.07, 6.45) is 9.89. The molecule has 1 unspecified atom stereocenters. The van der Waals surface area contributed by atoms with E-state index in [1.165, 1.54) is 97.3 Å². The van der Waals surface area contributed by atoms with Crippen molar-refractivity contribution >= 4 is 0 Å². The van der Waals surface area contributed by atoms with Crippen molar-refractivity contribution in [1.29, 1.82) is 0 Å². The number of hydrogen-bond acceptors (Lipinski definition) is 3. The van der Waals surface area contributed by atoms with E-state index in [0.717, 1.165) is 5.92 Å². The lowest BCUT2D eigenvalue weighted by atomic mass is 9.81. The minimum absolute atomic E-state index is 0.594. The third-order valence-electron chi connectivity index (χ3n) is 6.09. The van der Waals surface area contributed by atoms with Crippen LogP contribution in [0.15, 0.2) is 0 Å². The van der Waals surface area contributed by atoms with Crippen LogP contribution in [0.5, 0.6) is 0 Å². The van der Waals surface area contributed by atoms with Crippen LogP contribution in [0.2, 0.25) is 0 Å². The van der Waals surface area contributed by atoms with Crippen molar-refractivity contribution in [3.05, 3.63) is 0 Å². The van der Waals surface area contributed by atoms with Crippen molar-refractivity contribution in [3.63, 3.8) is 0 Å². The second kappa shape index (κ2) is 7.43. The summed E-state index contributed by atoms with van der Waals surface area (Å²) < 4.78 is 0. The molecule has 0 amide bonds. The van der Waals surface area contributed by atoms with Gasteiger partial charge in [0.25, 0.3) is 0 Å². The van der Waals surface area contributed by atoms with Crippen molar-refractivity contribution in [2.45, 2.75) is 51.9 Å². The molecular formula is C18H35N3. The average Bonchev–Trinajstić information content (AvgIpc) is 3.14. The van der Waals surface area contributed by atoms with E-state index in [0.29, 0.717) is 5.41 Å². The average molecular weight is 293 g/mol. The summed E-state index contributed by atoms with van der Waals surface area (Å²) in [7, 11) is 0. The monoisotopic (exact) mass is 293 g/mol. The van der Waals surface area contributed by atoms with Gasteiger partial charge in [-0.15, -0.1) is 0 Å². The number of rotatable bonds is 6. The Morgan fingerprint density at radius 2 is 1.81 bits per heavy atom. The van der Waals surface area contributed by atoms with E-state index in [1.54, 1.807) is 0 Å². The Bertz CT molecular complexity index is 298. The zero-order valence-electron chi connectivity index (χ0n) is 14.1. The molecule has 3 heteroatoms. The molecule has 3 heterocycles. The third kappa shape index (κ3) is 4.20. The van der Waals surface area contributed by atoms with Gasteiger partial charge in [0.2, 0.25) is 0 Å². The van der Waals surface area contributed by atoms with Gasteiger partial charge in [-0.1, -0.05) is 13.3 Å². The van der Waals surface area contributed by atoms with Crippen LogP contribution < -0.4 is 5.32 Å². The summed E-state index contributed by atoms with van der Waals surface area (Å²) in [4.78, 5) is 5.49. The molecule has 1 N–H and O–H groups in total. The maximum Gasteiger partial charge on any atom is 0.00506 e. The molecule has 3 aliphatic heterocycles. The second-order valence-electron chi connectivity index (χ2n) is 7.90. The normalized spacial score (nSPS) is 33.0. The number of nitrogens with one attached hydrogen (secondary N) is 1. The highest BCUT2D eigenvalue weighted by atomic mass is 15.2. The Morgan fingerprint density at radius 1 is 1.05 bits per heavy atom. The SMILES string of the molecule is CCCC1(CN2CCC(CN3CCCC3)CC2)CCNC1. The van der Waals surface area contributed by atoms with Gasteiger partial charge in [-0.3, -0.25) is 0 Å². The maximum absolute atomic E-state index is 3.61. The highest BCUT2D eigenvalue weighted by Crippen LogP contribution is 2.33. The summed E-state index contributed by atoms with van der Waals surface area (Å²) >= 11 is 0. The van der Waals surface area contributed by atoms with Crippen LogP contribution in [-0.4, -0.2) is 62.2 Å². The molecule has 122 valence electrons. The van der Waals surface area contributed by atoms with E-state index in [9.17, 15) is 0 Å². The molecule has 3 rings (SSSR count). The van der Waals surface area contributed by atoms with Gasteiger partial charge in [0.15, 0.2) is 0 Å². The molecule has 3 fully saturated rings. The first-order chi connectivity index (χ1) is 10.3. The molecule has 3 nitrogen and oxygen atoms in total. The lowest BCUT2D eigenvalue weighted by molar-refractivity contribution is 0.101. The molecular weight excluding hydrogens is 258 g/mol. The summed E-state index contributed by atoms with van der Waals surface area (Å²) in [6, 6.07) is 0. The van der Waals surface area contributed by atoms with E-state index in [2.05, 4.69) is 22.0 Å². The standard InChI is InChI=1S/C18H35N3/c1-2-7-18(8-9-19-15-18)16-21-12-5-17(6-13-21)14-20-10-3-4-11-20/h17,19H,2-16H2,1H3. The molecule has 0 aromatic carbocycles. The van der Waals surface area contributed by atoms with Gasteiger partial charge in [-0.25, -0.2) is 0 Å². The highest BCUT2D eigenvalue weighted by molar-refractivity contribution is 4.91. The van der Waals surface area contributed by atoms with E-state index in [-0.39, 0.29) is 0 Å². The Morgan fingerprint density at radius 3 is 2.43 bits per heavy atom. The van der Waals surface area contributed by atoms with Crippen LogP contribution in [0.25, 0.3) is 0 Å². The quantitative estimate of drug-likeness (QED) is 0.812. The van der Waals surface area contributed by atoms with Gasteiger partial charge in [-0.2, -0.15) is 0 Å². The summed E-state index contributed by atoms with van der Waals surface area (Å²) in [5.74, 6) is 0.975. The summed E-state index contributed by atoms with van der Waals surface area (Å²) in [6.45, 7) is 13.0. The van der Waals surface area contributed by atoms with Crippen LogP contribution in [0, 0.1) is 11.3 Å². The lowest BCUT2D eigenvalue weighted by Crippen LogP contribution is -2.44. The van der Waals surface area contributed by atoms with Crippen LogP contribution >= 0.6 is 0 Å². The topological polar surface area (TPSA) is 18.5 Å². The van der Waals surface area contributed by atoms with Crippen molar-refractivity contribution in [2.24, 2.45) is 11.3 Å². The molecule has 0 spiro atoms. The van der Waals surface area contributed by atoms with Gasteiger partial charge in [0, 0.05) is 19.6 Å². The number of likely N-dealkylation sites (tertiary alicyclic amines) is 2. The third-order valence-corrected chi connectivity index (χ3v) is 6.09. The van der Waals surface area contributed by atoms with Crippen LogP contribution in [0.3, 0.4) is 0 Å².